The summed E-state index contributed by atoms with van der Waals surface area (Å²) in [4.78, 5) is 11.5. The van der Waals surface area contributed by atoms with Crippen LogP contribution < -0.4 is 5.32 Å². The summed E-state index contributed by atoms with van der Waals surface area (Å²) < 4.78 is 5.11. The Hall–Kier alpha value is -1.75. The number of amides is 1. The van der Waals surface area contributed by atoms with Crippen molar-refractivity contribution in [3.05, 3.63) is 23.8 Å². The van der Waals surface area contributed by atoms with Crippen molar-refractivity contribution < 1.29 is 19.7 Å². The number of rotatable bonds is 3. The number of nitrogens with one attached hydrogen (secondary N) is 1. The molecule has 0 aliphatic heterocycles. The van der Waals surface area contributed by atoms with E-state index in [9.17, 15) is 9.90 Å². The van der Waals surface area contributed by atoms with Gasteiger partial charge in [-0.25, -0.2) is 4.79 Å². The largest absolute Gasteiger partial charge is 0.508 e. The molecular formula is C13H19NO4. The topological polar surface area (TPSA) is 78.8 Å². The Morgan fingerprint density at radius 3 is 2.61 bits per heavy atom. The lowest BCUT2D eigenvalue weighted by Gasteiger charge is -2.19. The van der Waals surface area contributed by atoms with E-state index in [-0.39, 0.29) is 12.4 Å². The number of aliphatic hydroxyl groups excluding tert-OH is 1. The van der Waals surface area contributed by atoms with E-state index in [1.807, 2.05) is 0 Å². The maximum Gasteiger partial charge on any atom is 0.412 e. The average Bonchev–Trinajstić information content (AvgIpc) is 2.20. The van der Waals surface area contributed by atoms with E-state index in [1.165, 1.54) is 6.07 Å². The number of ether oxygens (including phenoxy) is 1. The fourth-order valence-corrected chi connectivity index (χ4v) is 1.41. The van der Waals surface area contributed by atoms with Crippen LogP contribution in [0.15, 0.2) is 18.2 Å². The third-order valence-electron chi connectivity index (χ3n) is 2.11. The van der Waals surface area contributed by atoms with Gasteiger partial charge in [-0.2, -0.15) is 0 Å². The third-order valence-corrected chi connectivity index (χ3v) is 2.11. The van der Waals surface area contributed by atoms with Gasteiger partial charge in [0, 0.05) is 12.3 Å². The molecule has 0 atom stereocenters. The molecule has 0 heterocycles. The predicted molar refractivity (Wildman–Crippen MR) is 68.8 cm³/mol. The quantitative estimate of drug-likeness (QED) is 0.722. The minimum absolute atomic E-state index is 0.0660. The first kappa shape index (κ1) is 14.3. The van der Waals surface area contributed by atoms with Gasteiger partial charge < -0.3 is 14.9 Å². The van der Waals surface area contributed by atoms with Crippen LogP contribution in [0.3, 0.4) is 0 Å². The minimum atomic E-state index is -0.561. The molecule has 5 heteroatoms. The van der Waals surface area contributed by atoms with Crippen LogP contribution in [-0.2, 0) is 11.2 Å². The molecule has 0 unspecified atom stereocenters. The Labute approximate surface area is 106 Å². The lowest BCUT2D eigenvalue weighted by atomic mass is 10.1. The molecule has 1 rings (SSSR count). The number of phenolic OH excluding ortho intramolecular Hbond substituents is 1. The van der Waals surface area contributed by atoms with E-state index < -0.39 is 11.7 Å². The molecule has 1 aromatic carbocycles. The Bertz CT molecular complexity index is 423. The highest BCUT2D eigenvalue weighted by Crippen LogP contribution is 2.22. The molecule has 18 heavy (non-hydrogen) atoms. The molecule has 0 bridgehead atoms. The van der Waals surface area contributed by atoms with Crippen molar-refractivity contribution in [2.75, 3.05) is 11.9 Å². The second-order valence-electron chi connectivity index (χ2n) is 4.94. The molecule has 0 aliphatic rings. The normalized spacial score (nSPS) is 11.1. The zero-order chi connectivity index (χ0) is 13.8. The molecule has 0 fully saturated rings. The van der Waals surface area contributed by atoms with E-state index in [0.29, 0.717) is 17.7 Å². The summed E-state index contributed by atoms with van der Waals surface area (Å²) in [6.07, 6.45) is -0.224. The van der Waals surface area contributed by atoms with Crippen LogP contribution in [0.1, 0.15) is 26.3 Å². The van der Waals surface area contributed by atoms with E-state index in [4.69, 9.17) is 9.84 Å². The molecule has 0 radical (unpaired) electrons. The van der Waals surface area contributed by atoms with Gasteiger partial charge in [0.2, 0.25) is 0 Å². The number of aromatic hydroxyl groups is 1. The van der Waals surface area contributed by atoms with Crippen LogP contribution in [0, 0.1) is 0 Å². The Morgan fingerprint density at radius 2 is 2.06 bits per heavy atom. The number of anilines is 1. The van der Waals surface area contributed by atoms with E-state index >= 15 is 0 Å². The number of hydrogen-bond donors (Lipinski definition) is 3. The molecule has 0 spiro atoms. The zero-order valence-corrected chi connectivity index (χ0v) is 10.9. The van der Waals surface area contributed by atoms with E-state index in [2.05, 4.69) is 5.32 Å². The lowest BCUT2D eigenvalue weighted by molar-refractivity contribution is 0.0636. The van der Waals surface area contributed by atoms with Crippen LogP contribution >= 0.6 is 0 Å². The summed E-state index contributed by atoms with van der Waals surface area (Å²) in [5.41, 5.74) is 0.533. The second-order valence-corrected chi connectivity index (χ2v) is 4.94. The second kappa shape index (κ2) is 5.73. The SMILES string of the molecule is CC(C)(C)OC(=O)Nc1ccc(O)c(CCO)c1. The highest BCUT2D eigenvalue weighted by atomic mass is 16.6. The standard InChI is InChI=1S/C13H19NO4/c1-13(2,3)18-12(17)14-10-4-5-11(16)9(8-10)6-7-15/h4-5,8,15-16H,6-7H2,1-3H3,(H,14,17). The van der Waals surface area contributed by atoms with Gasteiger partial charge in [0.15, 0.2) is 0 Å². The molecule has 5 nitrogen and oxygen atoms in total. The molecule has 0 saturated heterocycles. The van der Waals surface area contributed by atoms with Gasteiger partial charge in [0.25, 0.3) is 0 Å². The number of benzene rings is 1. The summed E-state index contributed by atoms with van der Waals surface area (Å²) in [7, 11) is 0. The summed E-state index contributed by atoms with van der Waals surface area (Å²) in [5.74, 6) is 0.0961. The number of phenols is 1. The highest BCUT2D eigenvalue weighted by molar-refractivity contribution is 5.85. The fourth-order valence-electron chi connectivity index (χ4n) is 1.41. The van der Waals surface area contributed by atoms with Crippen molar-refractivity contribution in [2.24, 2.45) is 0 Å². The number of hydrogen-bond acceptors (Lipinski definition) is 4. The molecule has 1 aromatic rings. The Kier molecular flexibility index (Phi) is 4.55. The summed E-state index contributed by atoms with van der Waals surface area (Å²) in [5, 5.41) is 20.9. The van der Waals surface area contributed by atoms with Crippen molar-refractivity contribution in [1.29, 1.82) is 0 Å². The number of carbonyl (C=O) groups is 1. The van der Waals surface area contributed by atoms with E-state index in [1.54, 1.807) is 32.9 Å². The predicted octanol–water partition coefficient (Wildman–Crippen LogP) is 2.27. The van der Waals surface area contributed by atoms with E-state index in [0.717, 1.165) is 0 Å². The first-order valence-corrected chi connectivity index (χ1v) is 5.74. The first-order chi connectivity index (χ1) is 8.31. The molecule has 0 aromatic heterocycles. The number of carbonyl (C=O) groups excluding carboxylic acids is 1. The van der Waals surface area contributed by atoms with Crippen molar-refractivity contribution in [3.8, 4) is 5.75 Å². The average molecular weight is 253 g/mol. The molecule has 100 valence electrons. The fraction of sp³-hybridized carbons (Fsp3) is 0.462. The van der Waals surface area contributed by atoms with Gasteiger partial charge in [-0.15, -0.1) is 0 Å². The van der Waals surface area contributed by atoms with Gasteiger partial charge in [-0.3, -0.25) is 5.32 Å². The third kappa shape index (κ3) is 4.63. The van der Waals surface area contributed by atoms with Crippen molar-refractivity contribution >= 4 is 11.8 Å². The maximum absolute atomic E-state index is 11.5. The minimum Gasteiger partial charge on any atom is -0.508 e. The van der Waals surface area contributed by atoms with Gasteiger partial charge in [-0.05, 0) is 51.0 Å². The van der Waals surface area contributed by atoms with Crippen LogP contribution in [-0.4, -0.2) is 28.5 Å². The molecule has 0 saturated carbocycles. The van der Waals surface area contributed by atoms with Crippen LogP contribution in [0.2, 0.25) is 0 Å². The van der Waals surface area contributed by atoms with Gasteiger partial charge in [0.1, 0.15) is 11.4 Å². The maximum atomic E-state index is 11.5. The first-order valence-electron chi connectivity index (χ1n) is 5.74. The molecular weight excluding hydrogens is 234 g/mol. The number of aliphatic hydroxyl groups is 1. The van der Waals surface area contributed by atoms with Gasteiger partial charge in [0.05, 0.1) is 0 Å². The van der Waals surface area contributed by atoms with Crippen molar-refractivity contribution in [1.82, 2.24) is 0 Å². The van der Waals surface area contributed by atoms with Crippen LogP contribution in [0.25, 0.3) is 0 Å². The van der Waals surface area contributed by atoms with Crippen molar-refractivity contribution in [3.63, 3.8) is 0 Å². The molecule has 1 amide bonds. The lowest BCUT2D eigenvalue weighted by Crippen LogP contribution is -2.27. The summed E-state index contributed by atoms with van der Waals surface area (Å²) in [6.45, 7) is 5.27. The molecule has 3 N–H and O–H groups in total. The van der Waals surface area contributed by atoms with Crippen LogP contribution in [0.4, 0.5) is 10.5 Å². The summed E-state index contributed by atoms with van der Waals surface area (Å²) >= 11 is 0. The summed E-state index contributed by atoms with van der Waals surface area (Å²) in [6, 6.07) is 4.65. The smallest absolute Gasteiger partial charge is 0.412 e. The van der Waals surface area contributed by atoms with Crippen LogP contribution in [0.5, 0.6) is 5.75 Å². The Morgan fingerprint density at radius 1 is 1.39 bits per heavy atom. The Balaban J connectivity index is 2.73. The van der Waals surface area contributed by atoms with Crippen molar-refractivity contribution in [2.45, 2.75) is 32.8 Å². The monoisotopic (exact) mass is 253 g/mol. The molecule has 0 aliphatic carbocycles. The highest BCUT2D eigenvalue weighted by Gasteiger charge is 2.16. The van der Waals surface area contributed by atoms with Gasteiger partial charge >= 0.3 is 6.09 Å². The van der Waals surface area contributed by atoms with Gasteiger partial charge in [-0.1, -0.05) is 0 Å². The zero-order valence-electron chi connectivity index (χ0n) is 10.9.